The number of carbonyl (C=O) groups excluding carboxylic acids is 1. The lowest BCUT2D eigenvalue weighted by Crippen LogP contribution is -2.53. The normalized spacial score (nSPS) is 25.2. The SMILES string of the molecule is CN1CCN(C)[C@@H](C(=O)CCCN)C1. The summed E-state index contributed by atoms with van der Waals surface area (Å²) in [6.45, 7) is 3.50. The molecule has 0 bridgehead atoms. The van der Waals surface area contributed by atoms with Crippen LogP contribution in [0.15, 0.2) is 0 Å². The molecular weight excluding hydrogens is 178 g/mol. The van der Waals surface area contributed by atoms with Gasteiger partial charge >= 0.3 is 0 Å². The van der Waals surface area contributed by atoms with Gasteiger partial charge in [0.05, 0.1) is 6.04 Å². The molecule has 0 amide bonds. The van der Waals surface area contributed by atoms with E-state index >= 15 is 0 Å². The van der Waals surface area contributed by atoms with Gasteiger partial charge in [-0.15, -0.1) is 0 Å². The Kier molecular flexibility index (Phi) is 4.51. The average molecular weight is 199 g/mol. The van der Waals surface area contributed by atoms with Crippen molar-refractivity contribution in [2.24, 2.45) is 5.73 Å². The average Bonchev–Trinajstić information content (AvgIpc) is 2.18. The summed E-state index contributed by atoms with van der Waals surface area (Å²) in [5, 5.41) is 0. The van der Waals surface area contributed by atoms with E-state index in [0.29, 0.717) is 18.7 Å². The first-order valence-electron chi connectivity index (χ1n) is 5.26. The summed E-state index contributed by atoms with van der Waals surface area (Å²) in [4.78, 5) is 16.2. The van der Waals surface area contributed by atoms with Crippen LogP contribution in [0.25, 0.3) is 0 Å². The largest absolute Gasteiger partial charge is 0.330 e. The molecule has 0 aromatic heterocycles. The van der Waals surface area contributed by atoms with Crippen molar-refractivity contribution in [3.63, 3.8) is 0 Å². The molecule has 0 aromatic rings. The van der Waals surface area contributed by atoms with E-state index in [4.69, 9.17) is 5.73 Å². The number of hydrogen-bond acceptors (Lipinski definition) is 4. The molecule has 4 nitrogen and oxygen atoms in total. The molecule has 0 aromatic carbocycles. The van der Waals surface area contributed by atoms with Gasteiger partial charge in [-0.05, 0) is 27.1 Å². The quantitative estimate of drug-likeness (QED) is 0.665. The fourth-order valence-electron chi connectivity index (χ4n) is 1.80. The summed E-state index contributed by atoms with van der Waals surface area (Å²) in [6.07, 6.45) is 1.44. The van der Waals surface area contributed by atoms with E-state index in [0.717, 1.165) is 26.1 Å². The number of likely N-dealkylation sites (N-methyl/N-ethyl adjacent to an activating group) is 2. The van der Waals surface area contributed by atoms with E-state index in [1.54, 1.807) is 0 Å². The molecule has 0 radical (unpaired) electrons. The minimum Gasteiger partial charge on any atom is -0.330 e. The topological polar surface area (TPSA) is 49.6 Å². The number of nitrogens with two attached hydrogens (primary N) is 1. The van der Waals surface area contributed by atoms with Crippen LogP contribution in [0, 0.1) is 0 Å². The van der Waals surface area contributed by atoms with E-state index in [1.165, 1.54) is 0 Å². The maximum Gasteiger partial charge on any atom is 0.151 e. The third-order valence-corrected chi connectivity index (χ3v) is 2.85. The Bertz CT molecular complexity index is 196. The highest BCUT2D eigenvalue weighted by Gasteiger charge is 2.27. The van der Waals surface area contributed by atoms with Gasteiger partial charge in [0.25, 0.3) is 0 Å². The van der Waals surface area contributed by atoms with Gasteiger partial charge in [-0.25, -0.2) is 0 Å². The summed E-state index contributed by atoms with van der Waals surface area (Å²) in [7, 11) is 4.09. The lowest BCUT2D eigenvalue weighted by Gasteiger charge is -2.36. The molecular formula is C10H21N3O. The minimum atomic E-state index is 0.0836. The van der Waals surface area contributed by atoms with Crippen molar-refractivity contribution < 1.29 is 4.79 Å². The summed E-state index contributed by atoms with van der Waals surface area (Å²) in [6, 6.07) is 0.0836. The van der Waals surface area contributed by atoms with E-state index in [-0.39, 0.29) is 6.04 Å². The van der Waals surface area contributed by atoms with Crippen LogP contribution in [0.4, 0.5) is 0 Å². The molecule has 1 aliphatic rings. The van der Waals surface area contributed by atoms with Crippen LogP contribution in [-0.4, -0.2) is 61.9 Å². The molecule has 2 N–H and O–H groups in total. The standard InChI is InChI=1S/C10H21N3O/c1-12-6-7-13(2)9(8-12)10(14)4-3-5-11/h9H,3-8,11H2,1-2H3/t9-/m1/s1. The maximum absolute atomic E-state index is 11.8. The molecule has 4 heteroatoms. The summed E-state index contributed by atoms with van der Waals surface area (Å²) < 4.78 is 0. The summed E-state index contributed by atoms with van der Waals surface area (Å²) in [5.41, 5.74) is 5.39. The van der Waals surface area contributed by atoms with Crippen molar-refractivity contribution in [2.75, 3.05) is 40.3 Å². The molecule has 1 saturated heterocycles. The van der Waals surface area contributed by atoms with Gasteiger partial charge < -0.3 is 10.6 Å². The monoisotopic (exact) mass is 199 g/mol. The smallest absolute Gasteiger partial charge is 0.151 e. The van der Waals surface area contributed by atoms with Crippen LogP contribution in [0.3, 0.4) is 0 Å². The van der Waals surface area contributed by atoms with Gasteiger partial charge in [0.1, 0.15) is 0 Å². The molecule has 82 valence electrons. The highest BCUT2D eigenvalue weighted by molar-refractivity contribution is 5.84. The third-order valence-electron chi connectivity index (χ3n) is 2.85. The third kappa shape index (κ3) is 3.04. The zero-order valence-electron chi connectivity index (χ0n) is 9.20. The fraction of sp³-hybridized carbons (Fsp3) is 0.900. The van der Waals surface area contributed by atoms with Crippen molar-refractivity contribution in [2.45, 2.75) is 18.9 Å². The number of piperazine rings is 1. The van der Waals surface area contributed by atoms with Crippen LogP contribution in [0.2, 0.25) is 0 Å². The van der Waals surface area contributed by atoms with Crippen LogP contribution in [0.1, 0.15) is 12.8 Å². The van der Waals surface area contributed by atoms with Gasteiger partial charge in [0.2, 0.25) is 0 Å². The number of hydrogen-bond donors (Lipinski definition) is 1. The van der Waals surface area contributed by atoms with Gasteiger partial charge in [0, 0.05) is 26.1 Å². The summed E-state index contributed by atoms with van der Waals surface area (Å²) >= 11 is 0. The highest BCUT2D eigenvalue weighted by atomic mass is 16.1. The van der Waals surface area contributed by atoms with Gasteiger partial charge in [0.15, 0.2) is 5.78 Å². The second kappa shape index (κ2) is 5.44. The Morgan fingerprint density at radius 2 is 2.14 bits per heavy atom. The molecule has 0 aliphatic carbocycles. The number of rotatable bonds is 4. The van der Waals surface area contributed by atoms with Crippen molar-refractivity contribution in [1.29, 1.82) is 0 Å². The van der Waals surface area contributed by atoms with Crippen molar-refractivity contribution in [3.05, 3.63) is 0 Å². The molecule has 1 heterocycles. The van der Waals surface area contributed by atoms with Crippen molar-refractivity contribution in [1.82, 2.24) is 9.80 Å². The zero-order valence-corrected chi connectivity index (χ0v) is 9.20. The van der Waals surface area contributed by atoms with Crippen molar-refractivity contribution >= 4 is 5.78 Å². The second-order valence-corrected chi connectivity index (χ2v) is 4.12. The van der Waals surface area contributed by atoms with Crippen LogP contribution in [0.5, 0.6) is 0 Å². The molecule has 0 unspecified atom stereocenters. The van der Waals surface area contributed by atoms with Crippen LogP contribution >= 0.6 is 0 Å². The Morgan fingerprint density at radius 1 is 1.43 bits per heavy atom. The van der Waals surface area contributed by atoms with Gasteiger partial charge in [-0.3, -0.25) is 9.69 Å². The first-order valence-corrected chi connectivity index (χ1v) is 5.26. The first kappa shape index (κ1) is 11.6. The molecule has 1 atom stereocenters. The van der Waals surface area contributed by atoms with E-state index in [2.05, 4.69) is 16.8 Å². The molecule has 1 fully saturated rings. The van der Waals surface area contributed by atoms with E-state index in [9.17, 15) is 4.79 Å². The van der Waals surface area contributed by atoms with Crippen molar-refractivity contribution in [3.8, 4) is 0 Å². The first-order chi connectivity index (χ1) is 6.65. The lowest BCUT2D eigenvalue weighted by molar-refractivity contribution is -0.125. The Labute approximate surface area is 86.0 Å². The Morgan fingerprint density at radius 3 is 2.79 bits per heavy atom. The second-order valence-electron chi connectivity index (χ2n) is 4.12. The molecule has 1 rings (SSSR count). The molecule has 0 saturated carbocycles. The highest BCUT2D eigenvalue weighted by Crippen LogP contribution is 2.09. The minimum absolute atomic E-state index is 0.0836. The lowest BCUT2D eigenvalue weighted by atomic mass is 10.0. The number of ketones is 1. The molecule has 0 spiro atoms. The molecule has 14 heavy (non-hydrogen) atoms. The van der Waals surface area contributed by atoms with Crippen LogP contribution < -0.4 is 5.73 Å². The Balaban J connectivity index is 2.43. The van der Waals surface area contributed by atoms with Gasteiger partial charge in [-0.1, -0.05) is 0 Å². The predicted octanol–water partition coefficient (Wildman–Crippen LogP) is -0.460. The zero-order chi connectivity index (χ0) is 10.6. The Hall–Kier alpha value is -0.450. The van der Waals surface area contributed by atoms with E-state index < -0.39 is 0 Å². The number of carbonyl (C=O) groups is 1. The predicted molar refractivity (Wildman–Crippen MR) is 57.2 cm³/mol. The fourth-order valence-corrected chi connectivity index (χ4v) is 1.80. The molecule has 1 aliphatic heterocycles. The van der Waals surface area contributed by atoms with Gasteiger partial charge in [-0.2, -0.15) is 0 Å². The van der Waals surface area contributed by atoms with Crippen LogP contribution in [-0.2, 0) is 4.79 Å². The maximum atomic E-state index is 11.8. The number of Topliss-reactive ketones (excluding diaryl/α,β-unsaturated/α-hetero) is 1. The summed E-state index contributed by atoms with van der Waals surface area (Å²) in [5.74, 6) is 0.338. The number of nitrogens with zero attached hydrogens (tertiary/aromatic N) is 2. The van der Waals surface area contributed by atoms with E-state index in [1.807, 2.05) is 7.05 Å².